The van der Waals surface area contributed by atoms with Crippen molar-refractivity contribution in [3.63, 3.8) is 0 Å². The molecule has 0 heterocycles. The first kappa shape index (κ1) is 12.0. The Morgan fingerprint density at radius 1 is 0.545 bits per heavy atom. The molecule has 0 bridgehead atoms. The van der Waals surface area contributed by atoms with Crippen molar-refractivity contribution in [2.45, 2.75) is 13.8 Å². The molecule has 0 atom stereocenters. The minimum absolute atomic E-state index is 1.34. The fourth-order valence-corrected chi connectivity index (χ4v) is 4.18. The van der Waals surface area contributed by atoms with E-state index in [4.69, 9.17) is 0 Å². The van der Waals surface area contributed by atoms with Crippen LogP contribution in [-0.4, -0.2) is 0 Å². The maximum absolute atomic E-state index is 2.34. The highest BCUT2D eigenvalue weighted by atomic mass is 14.2. The second-order valence-corrected chi connectivity index (χ2v) is 6.31. The Morgan fingerprint density at radius 3 is 2.18 bits per heavy atom. The van der Waals surface area contributed by atoms with Gasteiger partial charge in [0.1, 0.15) is 0 Å². The molecular weight excluding hydrogens is 264 g/mol. The van der Waals surface area contributed by atoms with E-state index in [1.807, 2.05) is 0 Å². The van der Waals surface area contributed by atoms with Gasteiger partial charge in [0.25, 0.3) is 0 Å². The minimum atomic E-state index is 1.34. The van der Waals surface area contributed by atoms with Gasteiger partial charge in [0.15, 0.2) is 0 Å². The van der Waals surface area contributed by atoms with E-state index in [0.717, 1.165) is 0 Å². The zero-order valence-corrected chi connectivity index (χ0v) is 12.8. The van der Waals surface area contributed by atoms with Crippen molar-refractivity contribution < 1.29 is 0 Å². The van der Waals surface area contributed by atoms with Gasteiger partial charge in [-0.1, -0.05) is 60.7 Å². The van der Waals surface area contributed by atoms with Crippen LogP contribution < -0.4 is 0 Å². The van der Waals surface area contributed by atoms with Gasteiger partial charge in [-0.3, -0.25) is 0 Å². The van der Waals surface area contributed by atoms with E-state index in [2.05, 4.69) is 74.5 Å². The monoisotopic (exact) mass is 280 g/mol. The van der Waals surface area contributed by atoms with Gasteiger partial charge in [0.2, 0.25) is 0 Å². The van der Waals surface area contributed by atoms with Crippen molar-refractivity contribution >= 4 is 43.1 Å². The van der Waals surface area contributed by atoms with Gasteiger partial charge in [-0.2, -0.15) is 0 Å². The van der Waals surface area contributed by atoms with Crippen LogP contribution in [0.3, 0.4) is 0 Å². The number of fused-ring (bicyclic) bond motifs is 2. The molecule has 0 unspecified atom stereocenters. The molecule has 0 aliphatic heterocycles. The number of rotatable bonds is 0. The molecule has 0 amide bonds. The molecule has 5 aromatic rings. The summed E-state index contributed by atoms with van der Waals surface area (Å²) in [4.78, 5) is 0. The lowest BCUT2D eigenvalue weighted by molar-refractivity contribution is 1.51. The fraction of sp³-hybridized carbons (Fsp3) is 0.0909. The summed E-state index contributed by atoms with van der Waals surface area (Å²) < 4.78 is 0. The van der Waals surface area contributed by atoms with Gasteiger partial charge < -0.3 is 0 Å². The second kappa shape index (κ2) is 3.98. The number of aryl methyl sites for hydroxylation is 2. The summed E-state index contributed by atoms with van der Waals surface area (Å²) >= 11 is 0. The molecule has 0 spiro atoms. The summed E-state index contributed by atoms with van der Waals surface area (Å²) in [5.41, 5.74) is 2.78. The van der Waals surface area contributed by atoms with Gasteiger partial charge in [-0.05, 0) is 68.1 Å². The van der Waals surface area contributed by atoms with Gasteiger partial charge in [0, 0.05) is 0 Å². The highest BCUT2D eigenvalue weighted by Gasteiger charge is 2.15. The topological polar surface area (TPSA) is 0 Å². The van der Waals surface area contributed by atoms with E-state index in [-0.39, 0.29) is 0 Å². The van der Waals surface area contributed by atoms with E-state index in [1.165, 1.54) is 54.2 Å². The number of benzene rings is 5. The molecular formula is C22H16. The second-order valence-electron chi connectivity index (χ2n) is 6.31. The van der Waals surface area contributed by atoms with Crippen LogP contribution in [0.15, 0.2) is 60.7 Å². The van der Waals surface area contributed by atoms with Gasteiger partial charge in [-0.15, -0.1) is 0 Å². The van der Waals surface area contributed by atoms with Gasteiger partial charge in [0.05, 0.1) is 0 Å². The summed E-state index contributed by atoms with van der Waals surface area (Å²) in [5.74, 6) is 0. The van der Waals surface area contributed by atoms with Crippen LogP contribution in [0.1, 0.15) is 11.1 Å². The highest BCUT2D eigenvalue weighted by Crippen LogP contribution is 2.41. The zero-order chi connectivity index (χ0) is 14.8. The summed E-state index contributed by atoms with van der Waals surface area (Å²) in [5, 5.41) is 11.1. The Bertz CT molecular complexity index is 1180. The lowest BCUT2D eigenvalue weighted by Crippen LogP contribution is -1.91. The predicted octanol–water partition coefficient (Wildman–Crippen LogP) is 6.35. The Balaban J connectivity index is 2.28. The van der Waals surface area contributed by atoms with Crippen molar-refractivity contribution in [3.05, 3.63) is 71.8 Å². The molecule has 0 heteroatoms. The third kappa shape index (κ3) is 1.33. The Hall–Kier alpha value is -2.60. The van der Waals surface area contributed by atoms with Crippen LogP contribution in [0.2, 0.25) is 0 Å². The summed E-state index contributed by atoms with van der Waals surface area (Å²) in [6.45, 7) is 4.51. The molecule has 104 valence electrons. The lowest BCUT2D eigenvalue weighted by Gasteiger charge is -2.17. The van der Waals surface area contributed by atoms with Crippen molar-refractivity contribution in [1.82, 2.24) is 0 Å². The minimum Gasteiger partial charge on any atom is -0.0616 e. The molecule has 0 aliphatic rings. The van der Waals surface area contributed by atoms with Crippen LogP contribution in [0.25, 0.3) is 43.1 Å². The molecule has 5 rings (SSSR count). The van der Waals surface area contributed by atoms with Crippen LogP contribution in [-0.2, 0) is 0 Å². The van der Waals surface area contributed by atoms with E-state index in [9.17, 15) is 0 Å². The highest BCUT2D eigenvalue weighted by molar-refractivity contribution is 6.30. The van der Waals surface area contributed by atoms with Crippen LogP contribution in [0.5, 0.6) is 0 Å². The van der Waals surface area contributed by atoms with Crippen molar-refractivity contribution in [2.24, 2.45) is 0 Å². The normalized spacial score (nSPS) is 12.1. The number of hydrogen-bond acceptors (Lipinski definition) is 0. The zero-order valence-electron chi connectivity index (χ0n) is 12.8. The van der Waals surface area contributed by atoms with E-state index in [0.29, 0.717) is 0 Å². The summed E-state index contributed by atoms with van der Waals surface area (Å²) in [6, 6.07) is 22.3. The van der Waals surface area contributed by atoms with E-state index in [1.54, 1.807) is 0 Å². The Morgan fingerprint density at radius 2 is 1.32 bits per heavy atom. The molecule has 5 aromatic carbocycles. The predicted molar refractivity (Wildman–Crippen MR) is 97.1 cm³/mol. The molecule has 0 aromatic heterocycles. The molecule has 0 N–H and O–H groups in total. The van der Waals surface area contributed by atoms with E-state index < -0.39 is 0 Å². The Kier molecular flexibility index (Phi) is 2.17. The molecule has 0 saturated carbocycles. The first-order chi connectivity index (χ1) is 10.8. The average molecular weight is 280 g/mol. The largest absolute Gasteiger partial charge is 0.0616 e. The van der Waals surface area contributed by atoms with Crippen molar-refractivity contribution in [3.8, 4) is 0 Å². The molecule has 0 radical (unpaired) electrons. The molecule has 0 nitrogen and oxygen atoms in total. The van der Waals surface area contributed by atoms with Crippen LogP contribution >= 0.6 is 0 Å². The third-order valence-electron chi connectivity index (χ3n) is 5.09. The molecule has 0 saturated heterocycles. The van der Waals surface area contributed by atoms with E-state index >= 15 is 0 Å². The Labute approximate surface area is 129 Å². The first-order valence-corrected chi connectivity index (χ1v) is 7.81. The first-order valence-electron chi connectivity index (χ1n) is 7.81. The third-order valence-corrected chi connectivity index (χ3v) is 5.09. The SMILES string of the molecule is Cc1cc2cccc3ccc4c5ccccc5c(C)c1c4c32. The molecule has 0 fully saturated rings. The fourth-order valence-electron chi connectivity index (χ4n) is 4.18. The van der Waals surface area contributed by atoms with Crippen LogP contribution in [0, 0.1) is 13.8 Å². The lowest BCUT2D eigenvalue weighted by atomic mass is 9.86. The molecule has 0 aliphatic carbocycles. The van der Waals surface area contributed by atoms with Crippen molar-refractivity contribution in [1.29, 1.82) is 0 Å². The number of hydrogen-bond donors (Lipinski definition) is 0. The smallest absolute Gasteiger partial charge is 0.00150 e. The van der Waals surface area contributed by atoms with Gasteiger partial charge in [-0.25, -0.2) is 0 Å². The summed E-state index contributed by atoms with van der Waals surface area (Å²) in [7, 11) is 0. The van der Waals surface area contributed by atoms with Crippen molar-refractivity contribution in [2.75, 3.05) is 0 Å². The summed E-state index contributed by atoms with van der Waals surface area (Å²) in [6.07, 6.45) is 0. The molecule has 22 heavy (non-hydrogen) atoms. The standard InChI is InChI=1S/C22H16/c1-13-12-16-7-5-6-15-10-11-19-18-9-4-3-8-17(18)14(2)20(13)22(19)21(15)16/h3-12H,1-2H3. The van der Waals surface area contributed by atoms with Crippen LogP contribution in [0.4, 0.5) is 0 Å². The maximum atomic E-state index is 2.34. The quantitative estimate of drug-likeness (QED) is 0.229. The average Bonchev–Trinajstić information content (AvgIpc) is 2.55. The van der Waals surface area contributed by atoms with Gasteiger partial charge >= 0.3 is 0 Å². The maximum Gasteiger partial charge on any atom is -0.00150 e.